The van der Waals surface area contributed by atoms with Gasteiger partial charge in [0.25, 0.3) is 5.91 Å². The molecule has 5 nitrogen and oxygen atoms in total. The van der Waals surface area contributed by atoms with E-state index in [9.17, 15) is 14.7 Å². The maximum atomic E-state index is 12.4. The van der Waals surface area contributed by atoms with Crippen LogP contribution in [0.15, 0.2) is 6.20 Å². The average Bonchev–Trinajstić information content (AvgIpc) is 2.87. The molecule has 0 bridgehead atoms. The van der Waals surface area contributed by atoms with Crippen molar-refractivity contribution in [2.75, 3.05) is 6.54 Å². The molecule has 1 amide bonds. The number of hydrogen-bond acceptors (Lipinski definition) is 4. The van der Waals surface area contributed by atoms with Crippen LogP contribution < -0.4 is 0 Å². The van der Waals surface area contributed by atoms with Crippen molar-refractivity contribution in [2.24, 2.45) is 0 Å². The highest BCUT2D eigenvalue weighted by Gasteiger charge is 2.33. The van der Waals surface area contributed by atoms with E-state index in [1.165, 1.54) is 16.2 Å². The minimum atomic E-state index is -0.915. The molecule has 0 aromatic carbocycles. The monoisotopic (exact) mass is 282 g/mol. The Balaban J connectivity index is 2.18. The van der Waals surface area contributed by atoms with Gasteiger partial charge in [0, 0.05) is 12.5 Å². The third kappa shape index (κ3) is 2.94. The van der Waals surface area contributed by atoms with Gasteiger partial charge in [-0.1, -0.05) is 13.8 Å². The molecule has 1 fully saturated rings. The summed E-state index contributed by atoms with van der Waals surface area (Å²) in [5, 5.41) is 10.1. The van der Waals surface area contributed by atoms with E-state index < -0.39 is 12.0 Å². The Hall–Kier alpha value is -1.43. The molecule has 0 aliphatic carbocycles. The van der Waals surface area contributed by atoms with Crippen molar-refractivity contribution in [1.29, 1.82) is 0 Å². The summed E-state index contributed by atoms with van der Waals surface area (Å²) < 4.78 is 0. The minimum Gasteiger partial charge on any atom is -0.480 e. The molecule has 1 atom stereocenters. The summed E-state index contributed by atoms with van der Waals surface area (Å²) in [6.45, 7) is 4.56. The van der Waals surface area contributed by atoms with Gasteiger partial charge < -0.3 is 10.0 Å². The molecule has 19 heavy (non-hydrogen) atoms. The summed E-state index contributed by atoms with van der Waals surface area (Å²) in [7, 11) is 0. The quantitative estimate of drug-likeness (QED) is 0.923. The highest BCUT2D eigenvalue weighted by Crippen LogP contribution is 2.25. The van der Waals surface area contributed by atoms with Crippen LogP contribution in [0.25, 0.3) is 0 Å². The van der Waals surface area contributed by atoms with Crippen LogP contribution in [0.2, 0.25) is 0 Å². The van der Waals surface area contributed by atoms with E-state index in [4.69, 9.17) is 0 Å². The Kier molecular flexibility index (Phi) is 4.19. The van der Waals surface area contributed by atoms with Gasteiger partial charge >= 0.3 is 5.97 Å². The number of likely N-dealkylation sites (tertiary alicyclic amines) is 1. The minimum absolute atomic E-state index is 0.198. The molecule has 6 heteroatoms. The SMILES string of the molecule is CC(C)c1ncc(C(=O)N2CCCC[C@@H]2C(=O)O)s1. The Morgan fingerprint density at radius 2 is 2.21 bits per heavy atom. The predicted octanol–water partition coefficient (Wildman–Crippen LogP) is 2.35. The van der Waals surface area contributed by atoms with Crippen LogP contribution >= 0.6 is 11.3 Å². The first-order valence-corrected chi connectivity index (χ1v) is 7.32. The van der Waals surface area contributed by atoms with Gasteiger partial charge in [-0.15, -0.1) is 11.3 Å². The first-order chi connectivity index (χ1) is 9.00. The summed E-state index contributed by atoms with van der Waals surface area (Å²) >= 11 is 1.36. The Morgan fingerprint density at radius 1 is 1.47 bits per heavy atom. The highest BCUT2D eigenvalue weighted by molar-refractivity contribution is 7.13. The Bertz CT molecular complexity index is 484. The van der Waals surface area contributed by atoms with Crippen molar-refractivity contribution in [3.05, 3.63) is 16.1 Å². The maximum Gasteiger partial charge on any atom is 0.326 e. The number of aromatic nitrogens is 1. The molecule has 0 unspecified atom stereocenters. The standard InChI is InChI=1S/C13H18N2O3S/c1-8(2)11-14-7-10(19-11)12(16)15-6-4-3-5-9(15)13(17)18/h7-9H,3-6H2,1-2H3,(H,17,18)/t9-/m1/s1. The van der Waals surface area contributed by atoms with Crippen LogP contribution in [0.4, 0.5) is 0 Å². The van der Waals surface area contributed by atoms with E-state index in [1.54, 1.807) is 6.20 Å². The topological polar surface area (TPSA) is 70.5 Å². The fraction of sp³-hybridized carbons (Fsp3) is 0.615. The number of amides is 1. The second-order valence-electron chi connectivity index (χ2n) is 5.07. The number of piperidine rings is 1. The number of nitrogens with zero attached hydrogens (tertiary/aromatic N) is 2. The van der Waals surface area contributed by atoms with Crippen molar-refractivity contribution in [3.63, 3.8) is 0 Å². The lowest BCUT2D eigenvalue weighted by atomic mass is 10.0. The number of rotatable bonds is 3. The third-order valence-corrected chi connectivity index (χ3v) is 4.56. The molecule has 1 saturated heterocycles. The first-order valence-electron chi connectivity index (χ1n) is 6.50. The largest absolute Gasteiger partial charge is 0.480 e. The van der Waals surface area contributed by atoms with Crippen LogP contribution in [-0.4, -0.2) is 39.5 Å². The second kappa shape index (κ2) is 5.69. The summed E-state index contributed by atoms with van der Waals surface area (Å²) in [5.41, 5.74) is 0. The predicted molar refractivity (Wildman–Crippen MR) is 72.5 cm³/mol. The summed E-state index contributed by atoms with van der Waals surface area (Å²) in [5.74, 6) is -0.832. The number of thiazole rings is 1. The molecule has 2 rings (SSSR count). The molecular weight excluding hydrogens is 264 g/mol. The molecule has 0 radical (unpaired) electrons. The molecule has 1 aromatic rings. The zero-order valence-electron chi connectivity index (χ0n) is 11.1. The van der Waals surface area contributed by atoms with E-state index in [2.05, 4.69) is 4.98 Å². The molecule has 104 valence electrons. The number of carboxylic acids is 1. The van der Waals surface area contributed by atoms with Crippen LogP contribution in [0, 0.1) is 0 Å². The van der Waals surface area contributed by atoms with Crippen molar-refractivity contribution in [2.45, 2.75) is 45.1 Å². The Morgan fingerprint density at radius 3 is 2.79 bits per heavy atom. The normalized spacial score (nSPS) is 19.7. The summed E-state index contributed by atoms with van der Waals surface area (Å²) in [6, 6.07) is -0.689. The van der Waals surface area contributed by atoms with Gasteiger partial charge in [0.05, 0.1) is 11.2 Å². The lowest BCUT2D eigenvalue weighted by molar-refractivity contribution is -0.143. The van der Waals surface area contributed by atoms with Gasteiger partial charge in [0.15, 0.2) is 0 Å². The fourth-order valence-electron chi connectivity index (χ4n) is 2.23. The van der Waals surface area contributed by atoms with Crippen LogP contribution in [0.3, 0.4) is 0 Å². The number of hydrogen-bond donors (Lipinski definition) is 1. The summed E-state index contributed by atoms with van der Waals surface area (Å²) in [6.07, 6.45) is 3.83. The van der Waals surface area contributed by atoms with Gasteiger partial charge in [-0.25, -0.2) is 9.78 Å². The maximum absolute atomic E-state index is 12.4. The van der Waals surface area contributed by atoms with E-state index >= 15 is 0 Å². The molecule has 1 aromatic heterocycles. The zero-order chi connectivity index (χ0) is 14.0. The fourth-order valence-corrected chi connectivity index (χ4v) is 3.10. The van der Waals surface area contributed by atoms with Crippen LogP contribution in [0.1, 0.15) is 53.7 Å². The van der Waals surface area contributed by atoms with Crippen molar-refractivity contribution >= 4 is 23.2 Å². The molecular formula is C13H18N2O3S. The smallest absolute Gasteiger partial charge is 0.326 e. The lowest BCUT2D eigenvalue weighted by Crippen LogP contribution is -2.47. The molecule has 0 saturated carbocycles. The second-order valence-corrected chi connectivity index (χ2v) is 6.13. The molecule has 0 spiro atoms. The lowest BCUT2D eigenvalue weighted by Gasteiger charge is -2.32. The molecule has 1 aliphatic heterocycles. The van der Waals surface area contributed by atoms with Crippen molar-refractivity contribution < 1.29 is 14.7 Å². The van der Waals surface area contributed by atoms with Crippen molar-refractivity contribution in [3.8, 4) is 0 Å². The van der Waals surface area contributed by atoms with E-state index in [0.29, 0.717) is 17.8 Å². The van der Waals surface area contributed by atoms with Gasteiger partial charge in [-0.05, 0) is 19.3 Å². The number of carboxylic acid groups (broad SMARTS) is 1. The number of carbonyl (C=O) groups is 2. The van der Waals surface area contributed by atoms with Crippen LogP contribution in [-0.2, 0) is 4.79 Å². The highest BCUT2D eigenvalue weighted by atomic mass is 32.1. The molecule has 1 N–H and O–H groups in total. The van der Waals surface area contributed by atoms with E-state index in [-0.39, 0.29) is 11.8 Å². The first kappa shape index (κ1) is 14.0. The van der Waals surface area contributed by atoms with E-state index in [0.717, 1.165) is 17.8 Å². The van der Waals surface area contributed by atoms with Crippen LogP contribution in [0.5, 0.6) is 0 Å². The average molecular weight is 282 g/mol. The number of aliphatic carboxylic acids is 1. The Labute approximate surface area is 116 Å². The number of carbonyl (C=O) groups excluding carboxylic acids is 1. The van der Waals surface area contributed by atoms with Crippen molar-refractivity contribution in [1.82, 2.24) is 9.88 Å². The third-order valence-electron chi connectivity index (χ3n) is 3.28. The van der Waals surface area contributed by atoms with Gasteiger partial charge in [-0.2, -0.15) is 0 Å². The molecule has 1 aliphatic rings. The zero-order valence-corrected chi connectivity index (χ0v) is 11.9. The molecule has 2 heterocycles. The van der Waals surface area contributed by atoms with Gasteiger partial charge in [0.1, 0.15) is 10.9 Å². The van der Waals surface area contributed by atoms with Gasteiger partial charge in [0.2, 0.25) is 0 Å². The van der Waals surface area contributed by atoms with E-state index in [1.807, 2.05) is 13.8 Å². The summed E-state index contributed by atoms with van der Waals surface area (Å²) in [4.78, 5) is 29.8. The van der Waals surface area contributed by atoms with Gasteiger partial charge in [-0.3, -0.25) is 4.79 Å².